The molecule has 1 heterocycles. The molecule has 0 bridgehead atoms. The van der Waals surface area contributed by atoms with Crippen molar-refractivity contribution >= 4 is 31.5 Å². The van der Waals surface area contributed by atoms with E-state index in [0.717, 1.165) is 11.1 Å². The Balaban J connectivity index is 1.44. The molecule has 0 radical (unpaired) electrons. The van der Waals surface area contributed by atoms with Crippen molar-refractivity contribution in [2.24, 2.45) is 0 Å². The molecule has 0 spiro atoms. The molecule has 0 atom stereocenters. The van der Waals surface area contributed by atoms with Gasteiger partial charge in [0, 0.05) is 25.6 Å². The summed E-state index contributed by atoms with van der Waals surface area (Å²) in [6.45, 7) is 4.65. The Labute approximate surface area is 225 Å². The van der Waals surface area contributed by atoms with Crippen LogP contribution in [0, 0.1) is 22.7 Å². The van der Waals surface area contributed by atoms with Gasteiger partial charge in [0.2, 0.25) is 0 Å². The van der Waals surface area contributed by atoms with Crippen LogP contribution in [0.4, 0.5) is 0 Å². The zero-order valence-electron chi connectivity index (χ0n) is 21.0. The second-order valence-electron chi connectivity index (χ2n) is 10.4. The highest BCUT2D eigenvalue weighted by Gasteiger charge is 2.38. The van der Waals surface area contributed by atoms with Gasteiger partial charge < -0.3 is 0 Å². The zero-order valence-corrected chi connectivity index (χ0v) is 21.9. The molecule has 2 nitrogen and oxygen atoms in total. The predicted molar refractivity (Wildman–Crippen MR) is 157 cm³/mol. The number of rotatable bonds is 2. The molecule has 0 amide bonds. The van der Waals surface area contributed by atoms with Gasteiger partial charge in [-0.15, -0.1) is 11.3 Å². The normalized spacial score (nSPS) is 13.2. The fraction of sp³-hybridized carbons (Fsp3) is 0.0857. The number of thiophene rings is 1. The van der Waals surface area contributed by atoms with E-state index in [1.807, 2.05) is 47.7 Å². The number of fused-ring (bicyclic) bond motifs is 6. The first-order valence-corrected chi connectivity index (χ1v) is 13.5. The summed E-state index contributed by atoms with van der Waals surface area (Å²) in [5.41, 5.74) is 11.2. The molecule has 1 aliphatic rings. The lowest BCUT2D eigenvalue weighted by molar-refractivity contribution is 0.663. The second kappa shape index (κ2) is 8.15. The second-order valence-corrected chi connectivity index (χ2v) is 11.5. The van der Waals surface area contributed by atoms with Crippen LogP contribution in [-0.2, 0) is 5.41 Å². The summed E-state index contributed by atoms with van der Waals surface area (Å²) in [6.07, 6.45) is 0. The Bertz CT molecular complexity index is 1990. The van der Waals surface area contributed by atoms with Gasteiger partial charge in [0.1, 0.15) is 0 Å². The summed E-state index contributed by atoms with van der Waals surface area (Å²) in [7, 11) is 0. The molecule has 0 aliphatic heterocycles. The van der Waals surface area contributed by atoms with Crippen LogP contribution in [0.5, 0.6) is 0 Å². The molecular formula is C35H22N2S. The molecule has 178 valence electrons. The Kier molecular flexibility index (Phi) is 4.83. The third-order valence-corrected chi connectivity index (χ3v) is 9.14. The molecule has 0 fully saturated rings. The van der Waals surface area contributed by atoms with E-state index in [-0.39, 0.29) is 5.41 Å². The molecule has 6 aromatic rings. The first kappa shape index (κ1) is 22.5. The molecule has 3 heteroatoms. The minimum absolute atomic E-state index is 0.164. The van der Waals surface area contributed by atoms with E-state index >= 15 is 0 Å². The molecule has 0 N–H and O–H groups in total. The van der Waals surface area contributed by atoms with Crippen LogP contribution in [0.2, 0.25) is 0 Å². The number of nitrogens with zero attached hydrogens (tertiary/aromatic N) is 2. The monoisotopic (exact) mass is 502 g/mol. The highest BCUT2D eigenvalue weighted by atomic mass is 32.1. The number of benzene rings is 5. The Morgan fingerprint density at radius 3 is 1.84 bits per heavy atom. The van der Waals surface area contributed by atoms with Gasteiger partial charge >= 0.3 is 0 Å². The van der Waals surface area contributed by atoms with E-state index in [9.17, 15) is 10.5 Å². The van der Waals surface area contributed by atoms with Gasteiger partial charge in [0.05, 0.1) is 23.3 Å². The van der Waals surface area contributed by atoms with Crippen LogP contribution in [0.1, 0.15) is 36.1 Å². The SMILES string of the molecule is CC1(C)c2cc3c(cc2-c2cccc(-c4ccc(C#N)cc4)c21)sc1c(-c2ccc(C#N)cc2)cccc13. The van der Waals surface area contributed by atoms with Crippen LogP contribution in [0.3, 0.4) is 0 Å². The topological polar surface area (TPSA) is 47.6 Å². The third-order valence-electron chi connectivity index (χ3n) is 7.94. The van der Waals surface area contributed by atoms with E-state index < -0.39 is 0 Å². The lowest BCUT2D eigenvalue weighted by atomic mass is 9.78. The molecule has 38 heavy (non-hydrogen) atoms. The van der Waals surface area contributed by atoms with Crippen molar-refractivity contribution in [1.29, 1.82) is 10.5 Å². The van der Waals surface area contributed by atoms with Crippen molar-refractivity contribution in [3.8, 4) is 45.5 Å². The molecular weight excluding hydrogens is 480 g/mol. The molecule has 0 unspecified atom stereocenters. The molecule has 1 aliphatic carbocycles. The minimum Gasteiger partial charge on any atom is -0.192 e. The van der Waals surface area contributed by atoms with Crippen molar-refractivity contribution < 1.29 is 0 Å². The fourth-order valence-corrected chi connectivity index (χ4v) is 7.34. The van der Waals surface area contributed by atoms with E-state index in [1.165, 1.54) is 53.6 Å². The molecule has 5 aromatic carbocycles. The van der Waals surface area contributed by atoms with Crippen molar-refractivity contribution in [2.45, 2.75) is 19.3 Å². The largest absolute Gasteiger partial charge is 0.192 e. The summed E-state index contributed by atoms with van der Waals surface area (Å²) in [6, 6.07) is 38.2. The van der Waals surface area contributed by atoms with Gasteiger partial charge in [0.25, 0.3) is 0 Å². The standard InChI is InChI=1S/C35H22N2S/c1-35(2)31-17-30-28-8-4-6-26(24-15-11-22(20-37)12-16-24)34(28)38-32(30)18-29(31)27-7-3-5-25(33(27)35)23-13-9-21(19-36)10-14-23/h3-18H,1-2H3. The van der Waals surface area contributed by atoms with E-state index in [1.54, 1.807) is 0 Å². The summed E-state index contributed by atoms with van der Waals surface area (Å²) < 4.78 is 2.56. The van der Waals surface area contributed by atoms with Crippen molar-refractivity contribution in [3.05, 3.63) is 119 Å². The van der Waals surface area contributed by atoms with E-state index in [0.29, 0.717) is 11.1 Å². The fourth-order valence-electron chi connectivity index (χ4n) is 6.08. The van der Waals surface area contributed by atoms with Crippen LogP contribution in [0.25, 0.3) is 53.6 Å². The Morgan fingerprint density at radius 2 is 1.18 bits per heavy atom. The summed E-state index contributed by atoms with van der Waals surface area (Å²) in [5, 5.41) is 21.0. The summed E-state index contributed by atoms with van der Waals surface area (Å²) in [4.78, 5) is 0. The highest BCUT2D eigenvalue weighted by Crippen LogP contribution is 2.54. The van der Waals surface area contributed by atoms with Crippen LogP contribution in [0.15, 0.2) is 97.1 Å². The highest BCUT2D eigenvalue weighted by molar-refractivity contribution is 7.26. The van der Waals surface area contributed by atoms with Crippen molar-refractivity contribution in [1.82, 2.24) is 0 Å². The number of hydrogen-bond donors (Lipinski definition) is 0. The number of hydrogen-bond acceptors (Lipinski definition) is 3. The predicted octanol–water partition coefficient (Wildman–Crippen LogP) is 9.44. The van der Waals surface area contributed by atoms with Gasteiger partial charge in [-0.25, -0.2) is 0 Å². The van der Waals surface area contributed by atoms with Crippen molar-refractivity contribution in [3.63, 3.8) is 0 Å². The Hall–Kier alpha value is -4.70. The van der Waals surface area contributed by atoms with Gasteiger partial charge in [-0.2, -0.15) is 10.5 Å². The molecule has 0 saturated carbocycles. The molecule has 0 saturated heterocycles. The summed E-state index contributed by atoms with van der Waals surface area (Å²) >= 11 is 1.84. The van der Waals surface area contributed by atoms with Crippen LogP contribution >= 0.6 is 11.3 Å². The maximum absolute atomic E-state index is 9.25. The quantitative estimate of drug-likeness (QED) is 0.237. The average Bonchev–Trinajstić information content (AvgIpc) is 3.44. The maximum atomic E-state index is 9.25. The van der Waals surface area contributed by atoms with Gasteiger partial charge in [0.15, 0.2) is 0 Å². The smallest absolute Gasteiger partial charge is 0.0991 e. The van der Waals surface area contributed by atoms with E-state index in [4.69, 9.17) is 0 Å². The molecule has 1 aromatic heterocycles. The van der Waals surface area contributed by atoms with Gasteiger partial charge in [-0.05, 0) is 80.9 Å². The lowest BCUT2D eigenvalue weighted by Gasteiger charge is -2.24. The zero-order chi connectivity index (χ0) is 26.0. The van der Waals surface area contributed by atoms with Gasteiger partial charge in [-0.3, -0.25) is 0 Å². The Morgan fingerprint density at radius 1 is 0.605 bits per heavy atom. The third kappa shape index (κ3) is 3.16. The minimum atomic E-state index is -0.164. The summed E-state index contributed by atoms with van der Waals surface area (Å²) in [5.74, 6) is 0. The average molecular weight is 503 g/mol. The van der Waals surface area contributed by atoms with Crippen LogP contribution < -0.4 is 0 Å². The van der Waals surface area contributed by atoms with E-state index in [2.05, 4.69) is 86.6 Å². The van der Waals surface area contributed by atoms with Crippen LogP contribution in [-0.4, -0.2) is 0 Å². The van der Waals surface area contributed by atoms with Crippen molar-refractivity contribution in [2.75, 3.05) is 0 Å². The number of nitriles is 2. The first-order chi connectivity index (χ1) is 18.5. The molecule has 7 rings (SSSR count). The first-order valence-electron chi connectivity index (χ1n) is 12.6. The lowest BCUT2D eigenvalue weighted by Crippen LogP contribution is -2.16. The van der Waals surface area contributed by atoms with Gasteiger partial charge in [-0.1, -0.05) is 74.5 Å². The maximum Gasteiger partial charge on any atom is 0.0991 e.